The minimum atomic E-state index is 0. The van der Waals surface area contributed by atoms with Gasteiger partial charge in [0.05, 0.1) is 11.9 Å². The summed E-state index contributed by atoms with van der Waals surface area (Å²) in [5.41, 5.74) is 6.16. The van der Waals surface area contributed by atoms with Crippen LogP contribution in [0.4, 0.5) is 5.69 Å². The Balaban J connectivity index is 0. The first-order chi connectivity index (χ1) is 4.33. The minimum absolute atomic E-state index is 0. The lowest BCUT2D eigenvalue weighted by atomic mass is 10.5. The van der Waals surface area contributed by atoms with Gasteiger partial charge < -0.3 is 5.73 Å². The number of rotatable bonds is 2. The maximum atomic E-state index is 5.43. The third-order valence-corrected chi connectivity index (χ3v) is 1.11. The van der Waals surface area contributed by atoms with Crippen LogP contribution in [0.5, 0.6) is 0 Å². The monoisotopic (exact) mass is 197 g/mol. The van der Waals surface area contributed by atoms with Gasteiger partial charge in [-0.3, -0.25) is 4.68 Å². The molecule has 66 valence electrons. The van der Waals surface area contributed by atoms with E-state index >= 15 is 0 Å². The molecule has 0 spiro atoms. The van der Waals surface area contributed by atoms with Gasteiger partial charge in [0, 0.05) is 12.7 Å². The highest BCUT2D eigenvalue weighted by atomic mass is 35.5. The summed E-state index contributed by atoms with van der Waals surface area (Å²) in [5, 5.41) is 4.00. The molecule has 0 unspecified atom stereocenters. The lowest BCUT2D eigenvalue weighted by Crippen LogP contribution is -1.95. The molecule has 0 amide bonds. The molecule has 3 nitrogen and oxygen atoms in total. The SMILES string of the molecule is CCCn1cc(N)cn1.Cl.Cl. The van der Waals surface area contributed by atoms with E-state index in [1.165, 1.54) is 0 Å². The Hall–Kier alpha value is -0.410. The van der Waals surface area contributed by atoms with E-state index in [1.807, 2.05) is 10.9 Å². The summed E-state index contributed by atoms with van der Waals surface area (Å²) in [6, 6.07) is 0. The zero-order valence-electron chi connectivity index (χ0n) is 6.36. The van der Waals surface area contributed by atoms with E-state index in [9.17, 15) is 0 Å². The molecule has 1 aromatic heterocycles. The number of aryl methyl sites for hydroxylation is 1. The number of aromatic nitrogens is 2. The number of nitrogens with zero attached hydrogens (tertiary/aromatic N) is 2. The summed E-state index contributed by atoms with van der Waals surface area (Å²) in [7, 11) is 0. The molecule has 0 aromatic carbocycles. The molecule has 5 heteroatoms. The molecule has 1 heterocycles. The molecule has 0 atom stereocenters. The fourth-order valence-electron chi connectivity index (χ4n) is 0.731. The Bertz CT molecular complexity index is 188. The van der Waals surface area contributed by atoms with Gasteiger partial charge >= 0.3 is 0 Å². The summed E-state index contributed by atoms with van der Waals surface area (Å²) in [4.78, 5) is 0. The van der Waals surface area contributed by atoms with Crippen LogP contribution < -0.4 is 5.73 Å². The molecule has 0 aliphatic heterocycles. The van der Waals surface area contributed by atoms with Gasteiger partial charge in [-0.25, -0.2) is 0 Å². The summed E-state index contributed by atoms with van der Waals surface area (Å²) in [6.07, 6.45) is 4.60. The fourth-order valence-corrected chi connectivity index (χ4v) is 0.731. The molecule has 11 heavy (non-hydrogen) atoms. The van der Waals surface area contributed by atoms with Crippen molar-refractivity contribution in [2.24, 2.45) is 0 Å². The van der Waals surface area contributed by atoms with Gasteiger partial charge in [-0.2, -0.15) is 5.10 Å². The third-order valence-electron chi connectivity index (χ3n) is 1.11. The number of nitrogen functional groups attached to an aromatic ring is 1. The van der Waals surface area contributed by atoms with Crippen molar-refractivity contribution in [2.45, 2.75) is 19.9 Å². The molecule has 0 aliphatic carbocycles. The minimum Gasteiger partial charge on any atom is -0.396 e. The van der Waals surface area contributed by atoms with E-state index < -0.39 is 0 Å². The highest BCUT2D eigenvalue weighted by Crippen LogP contribution is 1.97. The smallest absolute Gasteiger partial charge is 0.0719 e. The number of nitrogens with two attached hydrogens (primary N) is 1. The average molecular weight is 198 g/mol. The van der Waals surface area contributed by atoms with Gasteiger partial charge in [0.25, 0.3) is 0 Å². The van der Waals surface area contributed by atoms with Crippen LogP contribution in [-0.2, 0) is 6.54 Å². The zero-order valence-corrected chi connectivity index (χ0v) is 7.99. The first-order valence-electron chi connectivity index (χ1n) is 3.11. The second-order valence-electron chi connectivity index (χ2n) is 2.04. The van der Waals surface area contributed by atoms with Crippen molar-refractivity contribution in [3.8, 4) is 0 Å². The Morgan fingerprint density at radius 1 is 1.55 bits per heavy atom. The van der Waals surface area contributed by atoms with Crippen molar-refractivity contribution in [3.63, 3.8) is 0 Å². The van der Waals surface area contributed by atoms with Gasteiger partial charge in [0.1, 0.15) is 0 Å². The van der Waals surface area contributed by atoms with Crippen LogP contribution in [0.15, 0.2) is 12.4 Å². The number of hydrogen-bond acceptors (Lipinski definition) is 2. The second-order valence-corrected chi connectivity index (χ2v) is 2.04. The summed E-state index contributed by atoms with van der Waals surface area (Å²) in [5.74, 6) is 0. The van der Waals surface area contributed by atoms with Gasteiger partial charge in [0.2, 0.25) is 0 Å². The Morgan fingerprint density at radius 3 is 2.55 bits per heavy atom. The van der Waals surface area contributed by atoms with Crippen molar-refractivity contribution < 1.29 is 0 Å². The van der Waals surface area contributed by atoms with Gasteiger partial charge in [0.15, 0.2) is 0 Å². The summed E-state index contributed by atoms with van der Waals surface area (Å²) < 4.78 is 1.84. The predicted octanol–water partition coefficient (Wildman–Crippen LogP) is 1.72. The maximum absolute atomic E-state index is 5.43. The topological polar surface area (TPSA) is 43.8 Å². The van der Waals surface area contributed by atoms with Gasteiger partial charge in [-0.1, -0.05) is 6.92 Å². The molecule has 0 radical (unpaired) electrons. The van der Waals surface area contributed by atoms with Crippen molar-refractivity contribution in [3.05, 3.63) is 12.4 Å². The lowest BCUT2D eigenvalue weighted by Gasteiger charge is -1.93. The molecule has 2 N–H and O–H groups in total. The largest absolute Gasteiger partial charge is 0.396 e. The van der Waals surface area contributed by atoms with E-state index in [0.29, 0.717) is 0 Å². The van der Waals surface area contributed by atoms with Crippen LogP contribution in [-0.4, -0.2) is 9.78 Å². The standard InChI is InChI=1S/C6H11N3.2ClH/c1-2-3-9-5-6(7)4-8-9;;/h4-5H,2-3,7H2,1H3;2*1H. The van der Waals surface area contributed by atoms with Crippen LogP contribution in [0.1, 0.15) is 13.3 Å². The molecule has 0 aliphatic rings. The van der Waals surface area contributed by atoms with E-state index in [1.54, 1.807) is 6.20 Å². The first-order valence-corrected chi connectivity index (χ1v) is 3.11. The van der Waals surface area contributed by atoms with Crippen molar-refractivity contribution in [1.82, 2.24) is 9.78 Å². The lowest BCUT2D eigenvalue weighted by molar-refractivity contribution is 0.603. The van der Waals surface area contributed by atoms with Crippen molar-refractivity contribution in [2.75, 3.05) is 5.73 Å². The number of halogens is 2. The zero-order chi connectivity index (χ0) is 6.69. The second kappa shape index (κ2) is 6.31. The van der Waals surface area contributed by atoms with Crippen LogP contribution >= 0.6 is 24.8 Å². The normalized spacial score (nSPS) is 8.09. The van der Waals surface area contributed by atoms with Crippen LogP contribution in [0.25, 0.3) is 0 Å². The van der Waals surface area contributed by atoms with Crippen LogP contribution in [0.3, 0.4) is 0 Å². The predicted molar refractivity (Wildman–Crippen MR) is 51.4 cm³/mol. The number of hydrogen-bond donors (Lipinski definition) is 1. The highest BCUT2D eigenvalue weighted by molar-refractivity contribution is 5.85. The fraction of sp³-hybridized carbons (Fsp3) is 0.500. The van der Waals surface area contributed by atoms with E-state index in [-0.39, 0.29) is 24.8 Å². The molecule has 0 saturated heterocycles. The van der Waals surface area contributed by atoms with Crippen LogP contribution in [0, 0.1) is 0 Å². The van der Waals surface area contributed by atoms with E-state index in [0.717, 1.165) is 18.7 Å². The Morgan fingerprint density at radius 2 is 2.18 bits per heavy atom. The van der Waals surface area contributed by atoms with Gasteiger partial charge in [-0.15, -0.1) is 24.8 Å². The maximum Gasteiger partial charge on any atom is 0.0719 e. The van der Waals surface area contributed by atoms with Crippen molar-refractivity contribution in [1.29, 1.82) is 0 Å². The summed E-state index contributed by atoms with van der Waals surface area (Å²) in [6.45, 7) is 3.06. The Labute approximate surface area is 78.8 Å². The quantitative estimate of drug-likeness (QED) is 0.786. The Kier molecular flexibility index (Phi) is 7.57. The first kappa shape index (κ1) is 13.2. The molecule has 0 saturated carbocycles. The molecular formula is C6H13Cl2N3. The molecule has 1 aromatic rings. The van der Waals surface area contributed by atoms with E-state index in [2.05, 4.69) is 12.0 Å². The van der Waals surface area contributed by atoms with Crippen molar-refractivity contribution >= 4 is 30.5 Å². The van der Waals surface area contributed by atoms with Crippen LogP contribution in [0.2, 0.25) is 0 Å². The molecule has 0 fully saturated rings. The molecule has 1 rings (SSSR count). The third kappa shape index (κ3) is 4.11. The summed E-state index contributed by atoms with van der Waals surface area (Å²) >= 11 is 0. The van der Waals surface area contributed by atoms with E-state index in [4.69, 9.17) is 5.73 Å². The van der Waals surface area contributed by atoms with Gasteiger partial charge in [-0.05, 0) is 6.42 Å². The average Bonchev–Trinajstić information content (AvgIpc) is 2.17. The molecule has 0 bridgehead atoms. The number of anilines is 1. The molecular weight excluding hydrogens is 185 g/mol. The highest BCUT2D eigenvalue weighted by Gasteiger charge is 1.89.